The number of nitrogens with one attached hydrogen (secondary N) is 1. The minimum Gasteiger partial charge on any atom is -0.321 e. The van der Waals surface area contributed by atoms with Crippen molar-refractivity contribution < 1.29 is 17.6 Å². The molecule has 1 aliphatic heterocycles. The number of hydrogen-bond acceptors (Lipinski definition) is 5. The van der Waals surface area contributed by atoms with Crippen molar-refractivity contribution in [3.8, 4) is 0 Å². The summed E-state index contributed by atoms with van der Waals surface area (Å²) < 4.78 is 43.0. The van der Waals surface area contributed by atoms with E-state index in [1.165, 1.54) is 6.07 Å². The second-order valence-electron chi connectivity index (χ2n) is 11.1. The van der Waals surface area contributed by atoms with E-state index in [0.29, 0.717) is 54.9 Å². The minimum absolute atomic E-state index is 0.0223. The maximum absolute atomic E-state index is 15.1. The summed E-state index contributed by atoms with van der Waals surface area (Å²) in [6.45, 7) is 7.10. The predicted molar refractivity (Wildman–Crippen MR) is 150 cm³/mol. The average Bonchev–Trinajstić information content (AvgIpc) is 3.71. The van der Waals surface area contributed by atoms with Gasteiger partial charge in [-0.05, 0) is 73.4 Å². The van der Waals surface area contributed by atoms with Crippen molar-refractivity contribution in [1.29, 1.82) is 0 Å². The molecular weight excluding hydrogens is 525 g/mol. The first-order valence-corrected chi connectivity index (χ1v) is 15.4. The second kappa shape index (κ2) is 12.1. The third-order valence-electron chi connectivity index (χ3n) is 7.89. The molecule has 0 unspecified atom stereocenters. The second-order valence-corrected chi connectivity index (χ2v) is 13.7. The van der Waals surface area contributed by atoms with E-state index < -0.39 is 16.1 Å². The molecule has 2 aromatic rings. The molecule has 1 saturated carbocycles. The number of Topliss-reactive ketones (excluding diaryl/α,β-unsaturated/α-hetero) is 1. The molecule has 2 aromatic carbocycles. The molecule has 6 nitrogen and oxygen atoms in total. The fourth-order valence-corrected chi connectivity index (χ4v) is 8.16. The molecule has 4 rings (SSSR count). The highest BCUT2D eigenvalue weighted by molar-refractivity contribution is 7.90. The number of rotatable bonds is 11. The number of halogens is 2. The van der Waals surface area contributed by atoms with Crippen LogP contribution in [0.1, 0.15) is 62.6 Å². The molecule has 2 aliphatic rings. The van der Waals surface area contributed by atoms with E-state index in [1.807, 2.05) is 32.9 Å². The maximum Gasteiger partial charge on any atom is 0.217 e. The number of nitrogens with two attached hydrogens (primary N) is 1. The third kappa shape index (κ3) is 6.48. The lowest BCUT2D eigenvalue weighted by Gasteiger charge is -2.40. The van der Waals surface area contributed by atoms with E-state index in [2.05, 4.69) is 5.32 Å². The first kappa shape index (κ1) is 29.2. The first-order valence-electron chi connectivity index (χ1n) is 13.5. The van der Waals surface area contributed by atoms with E-state index >= 15 is 4.39 Å². The summed E-state index contributed by atoms with van der Waals surface area (Å²) in [5.41, 5.74) is 8.53. The molecule has 208 valence electrons. The molecule has 0 spiro atoms. The number of carbonyl (C=O) groups excluding carboxylic acids is 1. The van der Waals surface area contributed by atoms with E-state index in [9.17, 15) is 13.2 Å². The summed E-state index contributed by atoms with van der Waals surface area (Å²) in [6, 6.07) is 11.0. The third-order valence-corrected chi connectivity index (χ3v) is 10.7. The number of piperazine rings is 1. The molecule has 3 N–H and O–H groups in total. The summed E-state index contributed by atoms with van der Waals surface area (Å²) >= 11 is 6.05. The summed E-state index contributed by atoms with van der Waals surface area (Å²) in [4.78, 5) is 13.4. The van der Waals surface area contributed by atoms with Crippen LogP contribution in [-0.2, 0) is 27.7 Å². The van der Waals surface area contributed by atoms with Crippen molar-refractivity contribution >= 4 is 27.4 Å². The number of ketones is 1. The molecule has 0 amide bonds. The van der Waals surface area contributed by atoms with E-state index in [-0.39, 0.29) is 47.2 Å². The van der Waals surface area contributed by atoms with Gasteiger partial charge in [-0.2, -0.15) is 4.31 Å². The highest BCUT2D eigenvalue weighted by Crippen LogP contribution is 2.35. The fraction of sp³-hybridized carbons (Fsp3) is 0.552. The van der Waals surface area contributed by atoms with Crippen molar-refractivity contribution in [2.24, 2.45) is 11.7 Å². The molecule has 0 radical (unpaired) electrons. The van der Waals surface area contributed by atoms with Crippen LogP contribution in [0.5, 0.6) is 0 Å². The van der Waals surface area contributed by atoms with Crippen molar-refractivity contribution in [1.82, 2.24) is 9.62 Å². The van der Waals surface area contributed by atoms with E-state index in [1.54, 1.807) is 28.6 Å². The van der Waals surface area contributed by atoms with Gasteiger partial charge in [0.1, 0.15) is 5.82 Å². The van der Waals surface area contributed by atoms with Crippen LogP contribution in [0.3, 0.4) is 0 Å². The van der Waals surface area contributed by atoms with Crippen molar-refractivity contribution in [2.75, 3.05) is 13.1 Å². The van der Waals surface area contributed by atoms with E-state index in [0.717, 1.165) is 5.56 Å². The first-order chi connectivity index (χ1) is 18.0. The Morgan fingerprint density at radius 2 is 1.84 bits per heavy atom. The highest BCUT2D eigenvalue weighted by atomic mass is 35.5. The lowest BCUT2D eigenvalue weighted by molar-refractivity contribution is -0.120. The lowest BCUT2D eigenvalue weighted by atomic mass is 9.80. The standard InChI is InChI=1S/C29H39ClFN3O3S/c1-18(2)28(20-7-9-22(30)10-8-20)29(32)27(35)15-21-5-4-6-26(31)25(21)14-11-23-17-33-16-19(3)34(23)38(36,37)24-12-13-24/h4-10,18-19,23-24,28-29,33H,11-17,32H2,1-3H3/t19-,23+,28-,29-/m1/s1. The van der Waals surface area contributed by atoms with Gasteiger partial charge in [-0.25, -0.2) is 12.8 Å². The molecule has 1 heterocycles. The molecule has 0 bridgehead atoms. The summed E-state index contributed by atoms with van der Waals surface area (Å²) in [5.74, 6) is -0.623. The molecule has 4 atom stereocenters. The van der Waals surface area contributed by atoms with Crippen LogP contribution in [0, 0.1) is 11.7 Å². The van der Waals surface area contributed by atoms with Crippen LogP contribution < -0.4 is 11.1 Å². The molecule has 1 saturated heterocycles. The smallest absolute Gasteiger partial charge is 0.217 e. The molecule has 0 aromatic heterocycles. The Kier molecular flexibility index (Phi) is 9.30. The zero-order chi connectivity index (χ0) is 27.6. The molecular formula is C29H39ClFN3O3S. The van der Waals surface area contributed by atoms with Crippen molar-refractivity contribution in [3.63, 3.8) is 0 Å². The van der Waals surface area contributed by atoms with Gasteiger partial charge in [0.2, 0.25) is 10.0 Å². The normalized spacial score (nSPS) is 22.4. The van der Waals surface area contributed by atoms with Gasteiger partial charge in [0.15, 0.2) is 5.78 Å². The van der Waals surface area contributed by atoms with Gasteiger partial charge in [0.05, 0.1) is 11.3 Å². The van der Waals surface area contributed by atoms with Gasteiger partial charge in [0.25, 0.3) is 0 Å². The molecule has 38 heavy (non-hydrogen) atoms. The van der Waals surface area contributed by atoms with Crippen LogP contribution in [0.15, 0.2) is 42.5 Å². The Balaban J connectivity index is 1.51. The fourth-order valence-electron chi connectivity index (χ4n) is 5.78. The molecule has 9 heteroatoms. The van der Waals surface area contributed by atoms with Gasteiger partial charge < -0.3 is 11.1 Å². The number of benzene rings is 2. The average molecular weight is 564 g/mol. The predicted octanol–water partition coefficient (Wildman–Crippen LogP) is 4.44. The van der Waals surface area contributed by atoms with E-state index in [4.69, 9.17) is 17.3 Å². The Morgan fingerprint density at radius 1 is 1.16 bits per heavy atom. The molecule has 1 aliphatic carbocycles. The van der Waals surface area contributed by atoms with Crippen molar-refractivity contribution in [3.05, 3.63) is 70.0 Å². The number of nitrogens with zero attached hydrogens (tertiary/aromatic N) is 1. The van der Waals surface area contributed by atoms with Crippen LogP contribution in [0.4, 0.5) is 4.39 Å². The lowest BCUT2D eigenvalue weighted by Crippen LogP contribution is -2.59. The topological polar surface area (TPSA) is 92.5 Å². The number of carbonyl (C=O) groups is 1. The zero-order valence-corrected chi connectivity index (χ0v) is 23.9. The van der Waals surface area contributed by atoms with Crippen LogP contribution in [-0.4, -0.2) is 55.0 Å². The largest absolute Gasteiger partial charge is 0.321 e. The maximum atomic E-state index is 15.1. The van der Waals surface area contributed by atoms with Gasteiger partial charge in [0, 0.05) is 42.5 Å². The van der Waals surface area contributed by atoms with Crippen LogP contribution in [0.2, 0.25) is 5.02 Å². The Hall–Kier alpha value is -1.84. The van der Waals surface area contributed by atoms with Crippen LogP contribution >= 0.6 is 11.6 Å². The number of hydrogen-bond donors (Lipinski definition) is 2. The van der Waals surface area contributed by atoms with Gasteiger partial charge in [-0.3, -0.25) is 4.79 Å². The molecule has 2 fully saturated rings. The Labute approximate surface area is 231 Å². The Bertz CT molecular complexity index is 1230. The summed E-state index contributed by atoms with van der Waals surface area (Å²) in [7, 11) is -3.37. The summed E-state index contributed by atoms with van der Waals surface area (Å²) in [5, 5.41) is 3.65. The quantitative estimate of drug-likeness (QED) is 0.421. The van der Waals surface area contributed by atoms with Gasteiger partial charge >= 0.3 is 0 Å². The summed E-state index contributed by atoms with van der Waals surface area (Å²) in [6.07, 6.45) is 2.24. The SMILES string of the molecule is CC(C)[C@H](c1ccc(Cl)cc1)[C@H](N)C(=O)Cc1cccc(F)c1CC[C@H]1CNC[C@@H](C)N1S(=O)(=O)C1CC1. The minimum atomic E-state index is -3.37. The number of sulfonamides is 1. The highest BCUT2D eigenvalue weighted by Gasteiger charge is 2.45. The van der Waals surface area contributed by atoms with Gasteiger partial charge in [-0.1, -0.05) is 49.7 Å². The zero-order valence-electron chi connectivity index (χ0n) is 22.4. The van der Waals surface area contributed by atoms with Gasteiger partial charge in [-0.15, -0.1) is 0 Å². The van der Waals surface area contributed by atoms with Crippen LogP contribution in [0.25, 0.3) is 0 Å². The Morgan fingerprint density at radius 3 is 2.47 bits per heavy atom. The monoisotopic (exact) mass is 563 g/mol. The van der Waals surface area contributed by atoms with Crippen molar-refractivity contribution in [2.45, 2.75) is 82.2 Å².